The summed E-state index contributed by atoms with van der Waals surface area (Å²) in [6, 6.07) is 5.84. The highest BCUT2D eigenvalue weighted by molar-refractivity contribution is 7.91. The van der Waals surface area contributed by atoms with Gasteiger partial charge < -0.3 is 4.90 Å². The molecule has 3 heterocycles. The van der Waals surface area contributed by atoms with Gasteiger partial charge in [-0.25, -0.2) is 8.42 Å². The molecule has 1 aromatic heterocycles. The first kappa shape index (κ1) is 15.4. The Hall–Kier alpha value is -1.47. The fourth-order valence-electron chi connectivity index (χ4n) is 3.14. The second kappa shape index (κ2) is 6.34. The van der Waals surface area contributed by atoms with Gasteiger partial charge in [0.25, 0.3) is 0 Å². The minimum atomic E-state index is -2.90. The second-order valence-electron chi connectivity index (χ2n) is 5.93. The summed E-state index contributed by atoms with van der Waals surface area (Å²) in [7, 11) is -2.90. The van der Waals surface area contributed by atoms with Crippen molar-refractivity contribution in [2.24, 2.45) is 0 Å². The van der Waals surface area contributed by atoms with Crippen LogP contribution in [-0.4, -0.2) is 66.8 Å². The van der Waals surface area contributed by atoms with Crippen molar-refractivity contribution in [3.63, 3.8) is 0 Å². The van der Waals surface area contributed by atoms with Gasteiger partial charge in [-0.15, -0.1) is 0 Å². The van der Waals surface area contributed by atoms with E-state index in [1.54, 1.807) is 6.20 Å². The first-order valence-corrected chi connectivity index (χ1v) is 9.50. The Balaban J connectivity index is 1.62. The molecule has 0 unspecified atom stereocenters. The van der Waals surface area contributed by atoms with Crippen LogP contribution in [0.3, 0.4) is 0 Å². The molecule has 2 fully saturated rings. The third-order valence-electron chi connectivity index (χ3n) is 4.40. The number of hydrogen-bond acceptors (Lipinski definition) is 5. The van der Waals surface area contributed by atoms with E-state index in [4.69, 9.17) is 0 Å². The molecule has 2 aliphatic rings. The minimum absolute atomic E-state index is 0.0576. The number of likely N-dealkylation sites (tertiary alicyclic amines) is 1. The molecule has 0 N–H and O–H groups in total. The van der Waals surface area contributed by atoms with Crippen molar-refractivity contribution in [2.45, 2.75) is 18.9 Å². The van der Waals surface area contributed by atoms with Crippen molar-refractivity contribution in [1.82, 2.24) is 14.8 Å². The van der Waals surface area contributed by atoms with Crippen LogP contribution in [0.1, 0.15) is 24.6 Å². The lowest BCUT2D eigenvalue weighted by Gasteiger charge is -2.30. The van der Waals surface area contributed by atoms with Crippen LogP contribution in [0, 0.1) is 0 Å². The number of carbonyl (C=O) groups excluding carboxylic acids is 1. The zero-order valence-corrected chi connectivity index (χ0v) is 13.3. The average Bonchev–Trinajstić information content (AvgIpc) is 3.00. The average molecular weight is 323 g/mol. The van der Waals surface area contributed by atoms with Gasteiger partial charge >= 0.3 is 0 Å². The number of amides is 1. The zero-order chi connectivity index (χ0) is 15.6. The number of carbonyl (C=O) groups is 1. The molecule has 22 heavy (non-hydrogen) atoms. The molecule has 1 amide bonds. The Morgan fingerprint density at radius 1 is 1.23 bits per heavy atom. The fraction of sp³-hybridized carbons (Fsp3) is 0.600. The van der Waals surface area contributed by atoms with Gasteiger partial charge in [-0.1, -0.05) is 6.07 Å². The third kappa shape index (κ3) is 3.47. The van der Waals surface area contributed by atoms with E-state index in [9.17, 15) is 13.2 Å². The van der Waals surface area contributed by atoms with Crippen LogP contribution in [-0.2, 0) is 14.6 Å². The van der Waals surface area contributed by atoms with E-state index in [0.717, 1.165) is 25.1 Å². The first-order valence-electron chi connectivity index (χ1n) is 7.68. The highest BCUT2D eigenvalue weighted by Crippen LogP contribution is 2.30. The monoisotopic (exact) mass is 323 g/mol. The Labute approximate surface area is 131 Å². The van der Waals surface area contributed by atoms with Crippen LogP contribution in [0.5, 0.6) is 0 Å². The topological polar surface area (TPSA) is 70.6 Å². The SMILES string of the molecule is O=C(CN1CCS(=O)(=O)CC1)N1CCC[C@H]1c1ccccn1. The molecular weight excluding hydrogens is 302 g/mol. The van der Waals surface area contributed by atoms with Crippen molar-refractivity contribution in [1.29, 1.82) is 0 Å². The molecule has 0 bridgehead atoms. The lowest BCUT2D eigenvalue weighted by molar-refractivity contribution is -0.133. The van der Waals surface area contributed by atoms with Crippen LogP contribution in [0.25, 0.3) is 0 Å². The van der Waals surface area contributed by atoms with Crippen LogP contribution in [0.2, 0.25) is 0 Å². The minimum Gasteiger partial charge on any atom is -0.333 e. The van der Waals surface area contributed by atoms with Crippen molar-refractivity contribution < 1.29 is 13.2 Å². The summed E-state index contributed by atoms with van der Waals surface area (Å²) in [6.45, 7) is 1.97. The third-order valence-corrected chi connectivity index (χ3v) is 6.01. The summed E-state index contributed by atoms with van der Waals surface area (Å²) >= 11 is 0. The molecule has 3 rings (SSSR count). The number of hydrogen-bond donors (Lipinski definition) is 0. The van der Waals surface area contributed by atoms with E-state index in [1.165, 1.54) is 0 Å². The number of aromatic nitrogens is 1. The van der Waals surface area contributed by atoms with Crippen LogP contribution in [0.15, 0.2) is 24.4 Å². The molecule has 0 radical (unpaired) electrons. The molecule has 0 spiro atoms. The van der Waals surface area contributed by atoms with E-state index in [1.807, 2.05) is 28.0 Å². The van der Waals surface area contributed by atoms with Crippen molar-refractivity contribution in [3.8, 4) is 0 Å². The van der Waals surface area contributed by atoms with E-state index >= 15 is 0 Å². The van der Waals surface area contributed by atoms with Crippen LogP contribution in [0.4, 0.5) is 0 Å². The van der Waals surface area contributed by atoms with Crippen molar-refractivity contribution in [2.75, 3.05) is 37.7 Å². The normalized spacial score (nSPS) is 25.3. The standard InChI is InChI=1S/C15H21N3O3S/c19-15(12-17-8-10-22(20,21)11-9-17)18-7-3-5-14(18)13-4-1-2-6-16-13/h1-2,4,6,14H,3,5,7-12H2/t14-/m0/s1. The molecule has 7 heteroatoms. The zero-order valence-electron chi connectivity index (χ0n) is 12.5. The summed E-state index contributed by atoms with van der Waals surface area (Å²) in [5, 5.41) is 0. The Bertz CT molecular complexity index is 619. The van der Waals surface area contributed by atoms with E-state index in [-0.39, 0.29) is 23.5 Å². The predicted molar refractivity (Wildman–Crippen MR) is 83.0 cm³/mol. The molecule has 1 atom stereocenters. The molecule has 2 saturated heterocycles. The van der Waals surface area contributed by atoms with Gasteiger partial charge in [0, 0.05) is 25.8 Å². The lowest BCUT2D eigenvalue weighted by atomic mass is 10.1. The lowest BCUT2D eigenvalue weighted by Crippen LogP contribution is -2.46. The van der Waals surface area contributed by atoms with E-state index < -0.39 is 9.84 Å². The summed E-state index contributed by atoms with van der Waals surface area (Å²) in [5.41, 5.74) is 0.939. The number of rotatable bonds is 3. The maximum Gasteiger partial charge on any atom is 0.237 e. The smallest absolute Gasteiger partial charge is 0.237 e. The maximum atomic E-state index is 12.6. The highest BCUT2D eigenvalue weighted by Gasteiger charge is 2.32. The predicted octanol–water partition coefficient (Wildman–Crippen LogP) is 0.476. The van der Waals surface area contributed by atoms with Gasteiger partial charge in [-0.3, -0.25) is 14.7 Å². The van der Waals surface area contributed by atoms with Crippen molar-refractivity contribution >= 4 is 15.7 Å². The molecule has 1 aromatic rings. The molecule has 6 nitrogen and oxygen atoms in total. The molecule has 120 valence electrons. The first-order chi connectivity index (χ1) is 10.6. The van der Waals surface area contributed by atoms with Gasteiger partial charge in [-0.2, -0.15) is 0 Å². The van der Waals surface area contributed by atoms with Crippen LogP contribution < -0.4 is 0 Å². The summed E-state index contributed by atoms with van der Waals surface area (Å²) in [5.74, 6) is 0.390. The Morgan fingerprint density at radius 2 is 2.00 bits per heavy atom. The van der Waals surface area contributed by atoms with Crippen LogP contribution >= 0.6 is 0 Å². The highest BCUT2D eigenvalue weighted by atomic mass is 32.2. The summed E-state index contributed by atoms with van der Waals surface area (Å²) in [4.78, 5) is 20.8. The van der Waals surface area contributed by atoms with Gasteiger partial charge in [0.2, 0.25) is 5.91 Å². The molecule has 0 saturated carbocycles. The molecule has 2 aliphatic heterocycles. The number of sulfone groups is 1. The van der Waals surface area contributed by atoms with E-state index in [0.29, 0.717) is 19.6 Å². The summed E-state index contributed by atoms with van der Waals surface area (Å²) in [6.07, 6.45) is 3.68. The van der Waals surface area contributed by atoms with E-state index in [2.05, 4.69) is 4.98 Å². The van der Waals surface area contributed by atoms with Gasteiger partial charge in [-0.05, 0) is 25.0 Å². The maximum absolute atomic E-state index is 12.6. The fourth-order valence-corrected chi connectivity index (χ4v) is 4.41. The largest absolute Gasteiger partial charge is 0.333 e. The van der Waals surface area contributed by atoms with Gasteiger partial charge in [0.1, 0.15) is 0 Å². The Morgan fingerprint density at radius 3 is 2.68 bits per heavy atom. The quantitative estimate of drug-likeness (QED) is 0.809. The molecular formula is C15H21N3O3S. The van der Waals surface area contributed by atoms with Gasteiger partial charge in [0.05, 0.1) is 29.8 Å². The second-order valence-corrected chi connectivity index (χ2v) is 8.23. The van der Waals surface area contributed by atoms with Crippen molar-refractivity contribution in [3.05, 3.63) is 30.1 Å². The Kier molecular flexibility index (Phi) is 4.44. The number of nitrogens with zero attached hydrogens (tertiary/aromatic N) is 3. The number of pyridine rings is 1. The molecule has 0 aromatic carbocycles. The van der Waals surface area contributed by atoms with Gasteiger partial charge in [0.15, 0.2) is 9.84 Å². The molecule has 0 aliphatic carbocycles. The summed E-state index contributed by atoms with van der Waals surface area (Å²) < 4.78 is 22.9.